The maximum atomic E-state index is 9.88. The van der Waals surface area contributed by atoms with E-state index in [9.17, 15) is 5.11 Å². The van der Waals surface area contributed by atoms with Crippen LogP contribution in [0.1, 0.15) is 19.4 Å². The highest BCUT2D eigenvalue weighted by atomic mass is 127. The van der Waals surface area contributed by atoms with Crippen molar-refractivity contribution >= 4 is 26.7 Å². The van der Waals surface area contributed by atoms with Crippen molar-refractivity contribution < 1.29 is 5.11 Å². The largest absolute Gasteiger partial charge is 0.386 e. The van der Waals surface area contributed by atoms with Gasteiger partial charge in [0.1, 0.15) is 0 Å². The van der Waals surface area contributed by atoms with E-state index in [1.807, 2.05) is 12.1 Å². The predicted molar refractivity (Wildman–Crippen MR) is 60.5 cm³/mol. The summed E-state index contributed by atoms with van der Waals surface area (Å²) < 4.78 is 5.44. The van der Waals surface area contributed by atoms with Crippen molar-refractivity contribution in [2.24, 2.45) is 3.25 Å². The Bertz CT molecular complexity index is 368. The van der Waals surface area contributed by atoms with Gasteiger partial charge in [0.25, 0.3) is 0 Å². The minimum atomic E-state index is -0.790. The highest BCUT2D eigenvalue weighted by molar-refractivity contribution is 14.2. The van der Waals surface area contributed by atoms with Gasteiger partial charge in [-0.05, 0) is 19.9 Å². The van der Waals surface area contributed by atoms with Gasteiger partial charge in [-0.25, -0.2) is 0 Å². The summed E-state index contributed by atoms with van der Waals surface area (Å²) in [6.07, 6.45) is 0. The van der Waals surface area contributed by atoms with Gasteiger partial charge in [0.05, 0.1) is 35.9 Å². The van der Waals surface area contributed by atoms with Crippen molar-refractivity contribution in [3.63, 3.8) is 0 Å². The molecule has 13 heavy (non-hydrogen) atoms. The third-order valence-electron chi connectivity index (χ3n) is 1.96. The summed E-state index contributed by atoms with van der Waals surface area (Å²) in [7, 11) is 0. The molecule has 0 aromatic heterocycles. The van der Waals surface area contributed by atoms with Gasteiger partial charge >= 0.3 is 0 Å². The molecule has 1 aromatic carbocycles. The van der Waals surface area contributed by atoms with Gasteiger partial charge in [-0.2, -0.15) is 0 Å². The lowest BCUT2D eigenvalue weighted by molar-refractivity contribution is 0.0793. The Morgan fingerprint density at radius 1 is 1.46 bits per heavy atom. The molecule has 70 valence electrons. The average Bonchev–Trinajstić information content (AvgIpc) is 2.48. The van der Waals surface area contributed by atoms with Crippen molar-refractivity contribution in [2.45, 2.75) is 19.4 Å². The number of nitrogens with zero attached hydrogens (tertiary/aromatic N) is 1. The standard InChI is InChI=1S/C9H11IN2O/c1-9(2,13)6-4-3-5-7-8(6)11-12-10-7/h3-5,11,13H,1-2H3. The molecule has 4 heteroatoms. The first-order chi connectivity index (χ1) is 6.09. The molecule has 0 radical (unpaired) electrons. The molecule has 2 N–H and O–H groups in total. The summed E-state index contributed by atoms with van der Waals surface area (Å²) in [5, 5.41) is 9.88. The van der Waals surface area contributed by atoms with Gasteiger partial charge in [-0.15, -0.1) is 3.25 Å². The van der Waals surface area contributed by atoms with Crippen LogP contribution in [0, 0.1) is 3.57 Å². The molecule has 1 aliphatic heterocycles. The third kappa shape index (κ3) is 1.60. The molecule has 3 nitrogen and oxygen atoms in total. The summed E-state index contributed by atoms with van der Waals surface area (Å²) in [5.41, 5.74) is 4.15. The van der Waals surface area contributed by atoms with E-state index in [1.165, 1.54) is 3.57 Å². The van der Waals surface area contributed by atoms with E-state index in [-0.39, 0.29) is 21.0 Å². The second kappa shape index (κ2) is 3.02. The van der Waals surface area contributed by atoms with Crippen LogP contribution in [-0.2, 0) is 5.60 Å². The number of aliphatic hydroxyl groups is 1. The lowest BCUT2D eigenvalue weighted by Gasteiger charge is -2.20. The first-order valence-corrected chi connectivity index (χ1v) is 6.09. The van der Waals surface area contributed by atoms with Crippen molar-refractivity contribution in [1.82, 2.24) is 0 Å². The molecule has 0 amide bonds. The fourth-order valence-electron chi connectivity index (χ4n) is 1.33. The number of hydrogen-bond donors (Lipinski definition) is 2. The number of hydrogen-bond acceptors (Lipinski definition) is 3. The maximum absolute atomic E-state index is 9.88. The number of benzene rings is 1. The number of rotatable bonds is 1. The molecule has 0 spiro atoms. The Labute approximate surface area is 87.3 Å². The molecule has 0 aliphatic carbocycles. The fourth-order valence-corrected chi connectivity index (χ4v) is 2.97. The summed E-state index contributed by atoms with van der Waals surface area (Å²) in [6, 6.07) is 5.99. The molecular weight excluding hydrogens is 279 g/mol. The summed E-state index contributed by atoms with van der Waals surface area (Å²) in [5.74, 6) is 0. The van der Waals surface area contributed by atoms with Crippen LogP contribution in [0.4, 0.5) is 5.69 Å². The maximum Gasteiger partial charge on any atom is 0.0861 e. The molecule has 0 saturated heterocycles. The summed E-state index contributed by atoms with van der Waals surface area (Å²) >= 11 is -0.240. The number of halogens is 1. The van der Waals surface area contributed by atoms with Gasteiger partial charge in [-0.1, -0.05) is 12.1 Å². The second-order valence-electron chi connectivity index (χ2n) is 3.50. The summed E-state index contributed by atoms with van der Waals surface area (Å²) in [4.78, 5) is 0. The normalized spacial score (nSPS) is 14.7. The minimum Gasteiger partial charge on any atom is -0.386 e. The molecule has 0 bridgehead atoms. The van der Waals surface area contributed by atoms with E-state index in [1.54, 1.807) is 13.8 Å². The van der Waals surface area contributed by atoms with E-state index in [0.29, 0.717) is 0 Å². The fraction of sp³-hybridized carbons (Fsp3) is 0.333. The van der Waals surface area contributed by atoms with Crippen LogP contribution >= 0.6 is 21.0 Å². The molecule has 0 atom stereocenters. The van der Waals surface area contributed by atoms with Crippen LogP contribution < -0.4 is 5.43 Å². The smallest absolute Gasteiger partial charge is 0.0861 e. The molecule has 1 aliphatic rings. The first-order valence-electron chi connectivity index (χ1n) is 4.05. The zero-order chi connectivity index (χ0) is 9.47. The molecule has 0 unspecified atom stereocenters. The van der Waals surface area contributed by atoms with Crippen molar-refractivity contribution in [3.8, 4) is 0 Å². The van der Waals surface area contributed by atoms with Crippen molar-refractivity contribution in [1.29, 1.82) is 0 Å². The first kappa shape index (κ1) is 9.08. The van der Waals surface area contributed by atoms with E-state index in [0.717, 1.165) is 11.3 Å². The number of para-hydroxylation sites is 1. The van der Waals surface area contributed by atoms with Crippen LogP contribution in [0.2, 0.25) is 0 Å². The monoisotopic (exact) mass is 290 g/mol. The second-order valence-corrected chi connectivity index (χ2v) is 5.63. The molecule has 1 aromatic rings. The van der Waals surface area contributed by atoms with Crippen molar-refractivity contribution in [3.05, 3.63) is 27.3 Å². The van der Waals surface area contributed by atoms with E-state index in [4.69, 9.17) is 0 Å². The van der Waals surface area contributed by atoms with Gasteiger partial charge in [0.2, 0.25) is 0 Å². The lowest BCUT2D eigenvalue weighted by Crippen LogP contribution is -2.17. The Hall–Kier alpha value is -0.490. The Morgan fingerprint density at radius 2 is 2.23 bits per heavy atom. The van der Waals surface area contributed by atoms with Crippen LogP contribution in [-0.4, -0.2) is 5.11 Å². The molecule has 0 fully saturated rings. The Morgan fingerprint density at radius 3 is 2.92 bits per heavy atom. The van der Waals surface area contributed by atoms with E-state index < -0.39 is 5.60 Å². The quantitative estimate of drug-likeness (QED) is 0.781. The van der Waals surface area contributed by atoms with E-state index in [2.05, 4.69) is 14.7 Å². The topological polar surface area (TPSA) is 44.6 Å². The third-order valence-corrected chi connectivity index (χ3v) is 3.86. The van der Waals surface area contributed by atoms with Crippen molar-refractivity contribution in [2.75, 3.05) is 5.43 Å². The zero-order valence-electron chi connectivity index (χ0n) is 7.50. The van der Waals surface area contributed by atoms with Gasteiger partial charge in [0.15, 0.2) is 0 Å². The molecule has 2 rings (SSSR count). The highest BCUT2D eigenvalue weighted by Gasteiger charge is 2.23. The molecule has 0 saturated carbocycles. The predicted octanol–water partition coefficient (Wildman–Crippen LogP) is 2.58. The van der Waals surface area contributed by atoms with Crippen LogP contribution in [0.3, 0.4) is 0 Å². The zero-order valence-corrected chi connectivity index (χ0v) is 9.66. The Balaban J connectivity index is 2.57. The SMILES string of the molecule is CC(C)(O)c1cccc2c1NN=I2. The average molecular weight is 290 g/mol. The number of nitrogens with one attached hydrogen (secondary N) is 1. The Kier molecular flexibility index (Phi) is 2.11. The number of anilines is 1. The van der Waals surface area contributed by atoms with Gasteiger partial charge in [0, 0.05) is 5.56 Å². The van der Waals surface area contributed by atoms with Crippen LogP contribution in [0.5, 0.6) is 0 Å². The van der Waals surface area contributed by atoms with Gasteiger partial charge < -0.3 is 5.11 Å². The molecular formula is C9H11IN2O. The highest BCUT2D eigenvalue weighted by Crippen LogP contribution is 2.37. The number of fused-ring (bicyclic) bond motifs is 1. The molecule has 1 heterocycles. The van der Waals surface area contributed by atoms with E-state index >= 15 is 0 Å². The summed E-state index contributed by atoms with van der Waals surface area (Å²) in [6.45, 7) is 3.59. The lowest BCUT2D eigenvalue weighted by atomic mass is 9.97. The van der Waals surface area contributed by atoms with Gasteiger partial charge in [-0.3, -0.25) is 5.43 Å². The minimum absolute atomic E-state index is 0.240. The van der Waals surface area contributed by atoms with Crippen LogP contribution in [0.15, 0.2) is 21.5 Å². The van der Waals surface area contributed by atoms with Crippen LogP contribution in [0.25, 0.3) is 0 Å².